The Labute approximate surface area is 194 Å². The Morgan fingerprint density at radius 1 is 0.939 bits per heavy atom. The molecule has 0 radical (unpaired) electrons. The van der Waals surface area contributed by atoms with Crippen LogP contribution in [0, 0.1) is 11.3 Å². The predicted molar refractivity (Wildman–Crippen MR) is 120 cm³/mol. The molecule has 0 unspecified atom stereocenters. The minimum atomic E-state index is -4.72. The van der Waals surface area contributed by atoms with E-state index in [-0.39, 0.29) is 10.7 Å². The van der Waals surface area contributed by atoms with E-state index >= 15 is 0 Å². The van der Waals surface area contributed by atoms with Crippen molar-refractivity contribution in [2.24, 2.45) is 0 Å². The number of benzene rings is 2. The van der Waals surface area contributed by atoms with E-state index in [2.05, 4.69) is 4.98 Å². The summed E-state index contributed by atoms with van der Waals surface area (Å²) in [5, 5.41) is 9.53. The predicted octanol–water partition coefficient (Wildman–Crippen LogP) is 6.00. The van der Waals surface area contributed by atoms with E-state index in [0.717, 1.165) is 29.1 Å². The summed E-state index contributed by atoms with van der Waals surface area (Å²) in [5.74, 6) is 1.94. The molecule has 33 heavy (non-hydrogen) atoms. The monoisotopic (exact) mass is 474 g/mol. The zero-order chi connectivity index (χ0) is 24.0. The van der Waals surface area contributed by atoms with Gasteiger partial charge in [-0.25, -0.2) is 4.98 Å². The van der Waals surface area contributed by atoms with Gasteiger partial charge in [0, 0.05) is 11.3 Å². The van der Waals surface area contributed by atoms with Gasteiger partial charge in [-0.3, -0.25) is 0 Å². The largest absolute Gasteiger partial charge is 0.497 e. The number of halogens is 3. The average Bonchev–Trinajstić information content (AvgIpc) is 2.82. The SMILES string of the molecule is COc1ccc(CCSc2nc(-c3cc(OC)ccc3OC)cc(C(F)(F)F)c2C#N)cc1. The molecule has 0 amide bonds. The maximum atomic E-state index is 13.8. The fourth-order valence-electron chi connectivity index (χ4n) is 3.17. The van der Waals surface area contributed by atoms with Gasteiger partial charge in [-0.05, 0) is 48.4 Å². The van der Waals surface area contributed by atoms with Gasteiger partial charge in [0.05, 0.1) is 38.2 Å². The van der Waals surface area contributed by atoms with E-state index in [1.54, 1.807) is 31.4 Å². The first-order valence-electron chi connectivity index (χ1n) is 9.81. The van der Waals surface area contributed by atoms with Crippen molar-refractivity contribution in [2.75, 3.05) is 27.1 Å². The molecule has 0 spiro atoms. The van der Waals surface area contributed by atoms with Gasteiger partial charge in [-0.15, -0.1) is 11.8 Å². The first-order valence-corrected chi connectivity index (χ1v) is 10.8. The summed E-state index contributed by atoms with van der Waals surface area (Å²) in [7, 11) is 4.45. The lowest BCUT2D eigenvalue weighted by molar-refractivity contribution is -0.138. The maximum absolute atomic E-state index is 13.8. The molecule has 3 aromatic rings. The molecule has 0 saturated heterocycles. The third-order valence-electron chi connectivity index (χ3n) is 4.87. The number of hydrogen-bond donors (Lipinski definition) is 0. The molecule has 0 N–H and O–H groups in total. The molecule has 3 rings (SSSR count). The number of aromatic nitrogens is 1. The van der Waals surface area contributed by atoms with Crippen LogP contribution in [0.15, 0.2) is 53.6 Å². The van der Waals surface area contributed by atoms with Gasteiger partial charge in [0.25, 0.3) is 0 Å². The molecule has 0 saturated carbocycles. The van der Waals surface area contributed by atoms with Gasteiger partial charge >= 0.3 is 6.18 Å². The van der Waals surface area contributed by atoms with Crippen LogP contribution in [0.3, 0.4) is 0 Å². The Morgan fingerprint density at radius 2 is 1.61 bits per heavy atom. The number of alkyl halides is 3. The van der Waals surface area contributed by atoms with Crippen LogP contribution in [0.1, 0.15) is 16.7 Å². The molecule has 0 aliphatic carbocycles. The van der Waals surface area contributed by atoms with Crippen LogP contribution in [0.2, 0.25) is 0 Å². The van der Waals surface area contributed by atoms with Crippen molar-refractivity contribution in [3.8, 4) is 34.6 Å². The second-order valence-corrected chi connectivity index (χ2v) is 7.94. The van der Waals surface area contributed by atoms with Crippen LogP contribution < -0.4 is 14.2 Å². The summed E-state index contributed by atoms with van der Waals surface area (Å²) in [5.41, 5.74) is -0.156. The number of thioether (sulfide) groups is 1. The highest BCUT2D eigenvalue weighted by molar-refractivity contribution is 7.99. The van der Waals surface area contributed by atoms with Crippen molar-refractivity contribution in [1.29, 1.82) is 5.26 Å². The fourth-order valence-corrected chi connectivity index (χ4v) is 4.16. The normalized spacial score (nSPS) is 11.1. The van der Waals surface area contributed by atoms with Gasteiger partial charge in [0.1, 0.15) is 28.3 Å². The molecule has 1 aromatic heterocycles. The van der Waals surface area contributed by atoms with Crippen molar-refractivity contribution in [2.45, 2.75) is 17.6 Å². The number of nitriles is 1. The highest BCUT2D eigenvalue weighted by atomic mass is 32.2. The van der Waals surface area contributed by atoms with Gasteiger partial charge < -0.3 is 14.2 Å². The number of aryl methyl sites for hydroxylation is 1. The van der Waals surface area contributed by atoms with Crippen molar-refractivity contribution < 1.29 is 27.4 Å². The topological polar surface area (TPSA) is 64.4 Å². The van der Waals surface area contributed by atoms with Crippen LogP contribution in [0.25, 0.3) is 11.3 Å². The highest BCUT2D eigenvalue weighted by Gasteiger charge is 2.36. The lowest BCUT2D eigenvalue weighted by atomic mass is 10.0. The molecule has 0 aliphatic rings. The Bertz CT molecular complexity index is 1160. The van der Waals surface area contributed by atoms with Crippen LogP contribution in [-0.4, -0.2) is 32.1 Å². The standard InChI is InChI=1S/C24H21F3N2O3S/c1-30-16-6-4-15(5-7-16)10-11-33-23-19(14-28)20(24(25,26)27)13-21(29-23)18-12-17(31-2)8-9-22(18)32-3/h4-9,12-13H,10-11H2,1-3H3. The van der Waals surface area contributed by atoms with Crippen LogP contribution >= 0.6 is 11.8 Å². The minimum Gasteiger partial charge on any atom is -0.497 e. The summed E-state index contributed by atoms with van der Waals surface area (Å²) in [6.45, 7) is 0. The first-order chi connectivity index (χ1) is 15.8. The van der Waals surface area contributed by atoms with E-state index in [0.29, 0.717) is 29.2 Å². The van der Waals surface area contributed by atoms with Crippen LogP contribution in [-0.2, 0) is 12.6 Å². The summed E-state index contributed by atoms with van der Waals surface area (Å²) < 4.78 is 57.2. The zero-order valence-electron chi connectivity index (χ0n) is 18.2. The molecule has 1 heterocycles. The average molecular weight is 475 g/mol. The Balaban J connectivity index is 2.01. The first kappa shape index (κ1) is 24.3. The van der Waals surface area contributed by atoms with Crippen molar-refractivity contribution in [1.82, 2.24) is 4.98 Å². The Hall–Kier alpha value is -3.38. The van der Waals surface area contributed by atoms with E-state index in [4.69, 9.17) is 14.2 Å². The van der Waals surface area contributed by atoms with Crippen LogP contribution in [0.4, 0.5) is 13.2 Å². The summed E-state index contributed by atoms with van der Waals surface area (Å²) >= 11 is 1.10. The quantitative estimate of drug-likeness (QED) is 0.373. The third-order valence-corrected chi connectivity index (χ3v) is 5.85. The summed E-state index contributed by atoms with van der Waals surface area (Å²) in [4.78, 5) is 4.42. The van der Waals surface area contributed by atoms with Gasteiger partial charge in [0.15, 0.2) is 0 Å². The van der Waals surface area contributed by atoms with Gasteiger partial charge in [0.2, 0.25) is 0 Å². The Morgan fingerprint density at radius 3 is 2.18 bits per heavy atom. The molecular formula is C24H21F3N2O3S. The Kier molecular flexibility index (Phi) is 7.71. The molecule has 9 heteroatoms. The summed E-state index contributed by atoms with van der Waals surface area (Å²) in [6, 6.07) is 14.8. The number of methoxy groups -OCH3 is 3. The molecule has 5 nitrogen and oxygen atoms in total. The van der Waals surface area contributed by atoms with E-state index < -0.39 is 17.3 Å². The number of nitrogens with zero attached hydrogens (tertiary/aromatic N) is 2. The van der Waals surface area contributed by atoms with Gasteiger partial charge in [-0.1, -0.05) is 12.1 Å². The van der Waals surface area contributed by atoms with Gasteiger partial charge in [-0.2, -0.15) is 18.4 Å². The third kappa shape index (κ3) is 5.71. The second-order valence-electron chi connectivity index (χ2n) is 6.86. The van der Waals surface area contributed by atoms with E-state index in [1.165, 1.54) is 14.2 Å². The van der Waals surface area contributed by atoms with Crippen molar-refractivity contribution in [3.63, 3.8) is 0 Å². The number of rotatable bonds is 8. The number of ether oxygens (including phenoxy) is 3. The molecular weight excluding hydrogens is 453 g/mol. The summed E-state index contributed by atoms with van der Waals surface area (Å²) in [6.07, 6.45) is -4.14. The molecule has 172 valence electrons. The van der Waals surface area contributed by atoms with Crippen LogP contribution in [0.5, 0.6) is 17.2 Å². The molecule has 2 aromatic carbocycles. The lowest BCUT2D eigenvalue weighted by Crippen LogP contribution is -2.11. The smallest absolute Gasteiger partial charge is 0.417 e. The number of hydrogen-bond acceptors (Lipinski definition) is 6. The number of pyridine rings is 1. The zero-order valence-corrected chi connectivity index (χ0v) is 19.0. The van der Waals surface area contributed by atoms with Crippen molar-refractivity contribution >= 4 is 11.8 Å². The van der Waals surface area contributed by atoms with Crippen molar-refractivity contribution in [3.05, 3.63) is 65.2 Å². The molecule has 0 bridgehead atoms. The molecule has 0 atom stereocenters. The van der Waals surface area contributed by atoms with E-state index in [1.807, 2.05) is 24.3 Å². The fraction of sp³-hybridized carbons (Fsp3) is 0.250. The highest BCUT2D eigenvalue weighted by Crippen LogP contribution is 2.40. The molecule has 0 fully saturated rings. The minimum absolute atomic E-state index is 0.0145. The molecule has 0 aliphatic heterocycles. The second kappa shape index (κ2) is 10.5. The lowest BCUT2D eigenvalue weighted by Gasteiger charge is -2.16. The van der Waals surface area contributed by atoms with E-state index in [9.17, 15) is 18.4 Å². The maximum Gasteiger partial charge on any atom is 0.417 e.